The number of hydrogen-bond acceptors (Lipinski definition) is 1. The van der Waals surface area contributed by atoms with Gasteiger partial charge in [-0.05, 0) is 32.2 Å². The van der Waals surface area contributed by atoms with Crippen LogP contribution in [-0.2, 0) is 0 Å². The maximum Gasteiger partial charge on any atom is 0.0181 e. The van der Waals surface area contributed by atoms with Crippen LogP contribution in [0.4, 0.5) is 0 Å². The van der Waals surface area contributed by atoms with Gasteiger partial charge in [0.25, 0.3) is 0 Å². The molecule has 0 aliphatic carbocycles. The van der Waals surface area contributed by atoms with Crippen molar-refractivity contribution in [2.24, 2.45) is 0 Å². The highest BCUT2D eigenvalue weighted by Gasteiger charge is 2.27. The highest BCUT2D eigenvalue weighted by molar-refractivity contribution is 4.88. The Bertz CT molecular complexity index is 240. The second kappa shape index (κ2) is 18.7. The SMILES string of the molecule is CCCCCCCCCC(CCCC)(CCCC)NCCCCCC. The summed E-state index contributed by atoms with van der Waals surface area (Å²) in [6.45, 7) is 10.5. The molecule has 0 aliphatic heterocycles. The summed E-state index contributed by atoms with van der Waals surface area (Å²) in [6.07, 6.45) is 25.2. The van der Waals surface area contributed by atoms with Crippen LogP contribution in [0, 0.1) is 0 Å². The lowest BCUT2D eigenvalue weighted by Crippen LogP contribution is -2.45. The Kier molecular flexibility index (Phi) is 18.7. The molecule has 0 aromatic carbocycles. The zero-order valence-electron chi connectivity index (χ0n) is 18.4. The van der Waals surface area contributed by atoms with Crippen LogP contribution in [0.5, 0.6) is 0 Å². The molecule has 0 unspecified atom stereocenters. The summed E-state index contributed by atoms with van der Waals surface area (Å²) in [4.78, 5) is 0. The van der Waals surface area contributed by atoms with Gasteiger partial charge >= 0.3 is 0 Å². The lowest BCUT2D eigenvalue weighted by Gasteiger charge is -2.36. The van der Waals surface area contributed by atoms with Crippen molar-refractivity contribution in [3.05, 3.63) is 0 Å². The second-order valence-corrected chi connectivity index (χ2v) is 8.35. The minimum atomic E-state index is 0.446. The van der Waals surface area contributed by atoms with Crippen LogP contribution in [0.15, 0.2) is 0 Å². The normalized spacial score (nSPS) is 12.0. The van der Waals surface area contributed by atoms with Crippen molar-refractivity contribution in [1.82, 2.24) is 5.32 Å². The van der Waals surface area contributed by atoms with E-state index >= 15 is 0 Å². The van der Waals surface area contributed by atoms with Gasteiger partial charge in [-0.3, -0.25) is 0 Å². The average Bonchev–Trinajstić information content (AvgIpc) is 2.63. The highest BCUT2D eigenvalue weighted by Crippen LogP contribution is 2.28. The Morgan fingerprint density at radius 3 is 1.36 bits per heavy atom. The van der Waals surface area contributed by atoms with Gasteiger partial charge < -0.3 is 5.32 Å². The van der Waals surface area contributed by atoms with Gasteiger partial charge in [-0.15, -0.1) is 0 Å². The van der Waals surface area contributed by atoms with Crippen molar-refractivity contribution in [2.45, 2.75) is 149 Å². The molecule has 0 amide bonds. The zero-order valence-corrected chi connectivity index (χ0v) is 18.4. The minimum absolute atomic E-state index is 0.446. The predicted octanol–water partition coefficient (Wildman–Crippen LogP) is 8.42. The van der Waals surface area contributed by atoms with E-state index in [0.29, 0.717) is 5.54 Å². The Hall–Kier alpha value is -0.0400. The smallest absolute Gasteiger partial charge is 0.0181 e. The minimum Gasteiger partial charge on any atom is -0.311 e. The molecule has 0 rings (SSSR count). The van der Waals surface area contributed by atoms with E-state index in [1.165, 1.54) is 122 Å². The first-order valence-electron chi connectivity index (χ1n) is 12.0. The summed E-state index contributed by atoms with van der Waals surface area (Å²) >= 11 is 0. The van der Waals surface area contributed by atoms with E-state index in [1.54, 1.807) is 0 Å². The molecule has 0 heterocycles. The molecule has 152 valence electrons. The predicted molar refractivity (Wildman–Crippen MR) is 117 cm³/mol. The third kappa shape index (κ3) is 14.8. The van der Waals surface area contributed by atoms with Crippen molar-refractivity contribution >= 4 is 0 Å². The van der Waals surface area contributed by atoms with Crippen molar-refractivity contribution in [1.29, 1.82) is 0 Å². The quantitative estimate of drug-likeness (QED) is 0.217. The summed E-state index contributed by atoms with van der Waals surface area (Å²) < 4.78 is 0. The Labute approximate surface area is 161 Å². The largest absolute Gasteiger partial charge is 0.311 e. The fourth-order valence-corrected chi connectivity index (χ4v) is 4.00. The zero-order chi connectivity index (χ0) is 18.6. The van der Waals surface area contributed by atoms with E-state index in [4.69, 9.17) is 0 Å². The van der Waals surface area contributed by atoms with Crippen molar-refractivity contribution in [2.75, 3.05) is 6.54 Å². The molecule has 0 saturated heterocycles. The van der Waals surface area contributed by atoms with Gasteiger partial charge in [0.05, 0.1) is 0 Å². The third-order valence-corrected chi connectivity index (χ3v) is 5.81. The van der Waals surface area contributed by atoms with E-state index in [0.717, 1.165) is 0 Å². The molecule has 0 saturated carbocycles. The fourth-order valence-electron chi connectivity index (χ4n) is 4.00. The summed E-state index contributed by atoms with van der Waals surface area (Å²) in [5.74, 6) is 0. The van der Waals surface area contributed by atoms with Gasteiger partial charge in [0.2, 0.25) is 0 Å². The van der Waals surface area contributed by atoms with Gasteiger partial charge in [0, 0.05) is 5.54 Å². The van der Waals surface area contributed by atoms with E-state index < -0.39 is 0 Å². The summed E-state index contributed by atoms with van der Waals surface area (Å²) in [5.41, 5.74) is 0.446. The second-order valence-electron chi connectivity index (χ2n) is 8.35. The van der Waals surface area contributed by atoms with Crippen LogP contribution in [-0.4, -0.2) is 12.1 Å². The molecule has 0 aliphatic rings. The molecule has 1 heteroatoms. The van der Waals surface area contributed by atoms with Crippen molar-refractivity contribution in [3.63, 3.8) is 0 Å². The molecule has 1 N–H and O–H groups in total. The van der Waals surface area contributed by atoms with E-state index in [2.05, 4.69) is 33.0 Å². The molecule has 1 nitrogen and oxygen atoms in total. The van der Waals surface area contributed by atoms with Gasteiger partial charge in [0.1, 0.15) is 0 Å². The van der Waals surface area contributed by atoms with E-state index in [1.807, 2.05) is 0 Å². The van der Waals surface area contributed by atoms with Crippen molar-refractivity contribution in [3.8, 4) is 0 Å². The molecule has 0 aromatic heterocycles. The number of unbranched alkanes of at least 4 members (excludes halogenated alkanes) is 11. The number of nitrogens with one attached hydrogen (secondary N) is 1. The van der Waals surface area contributed by atoms with Crippen LogP contribution in [0.3, 0.4) is 0 Å². The van der Waals surface area contributed by atoms with Crippen LogP contribution in [0.2, 0.25) is 0 Å². The van der Waals surface area contributed by atoms with Gasteiger partial charge in [0.15, 0.2) is 0 Å². The monoisotopic (exact) mass is 353 g/mol. The molecule has 0 aromatic rings. The van der Waals surface area contributed by atoms with Gasteiger partial charge in [-0.25, -0.2) is 0 Å². The maximum atomic E-state index is 4.07. The lowest BCUT2D eigenvalue weighted by atomic mass is 9.82. The molecule has 25 heavy (non-hydrogen) atoms. The molecule has 0 atom stereocenters. The van der Waals surface area contributed by atoms with Crippen LogP contribution in [0.25, 0.3) is 0 Å². The first-order valence-corrected chi connectivity index (χ1v) is 12.0. The standard InChI is InChI=1S/C24H51N/c1-5-9-13-15-16-17-18-22-24(20-11-7-3,21-12-8-4)25-23-19-14-10-6-2/h25H,5-23H2,1-4H3. The average molecular weight is 354 g/mol. The van der Waals surface area contributed by atoms with E-state index in [9.17, 15) is 0 Å². The topological polar surface area (TPSA) is 12.0 Å². The molecule has 0 spiro atoms. The number of hydrogen-bond donors (Lipinski definition) is 1. The first-order chi connectivity index (χ1) is 12.2. The molecular weight excluding hydrogens is 302 g/mol. The van der Waals surface area contributed by atoms with Gasteiger partial charge in [-0.1, -0.05) is 118 Å². The molecule has 0 bridgehead atoms. The molecule has 0 radical (unpaired) electrons. The highest BCUT2D eigenvalue weighted by atomic mass is 15.0. The summed E-state index contributed by atoms with van der Waals surface area (Å²) in [7, 11) is 0. The maximum absolute atomic E-state index is 4.07. The Morgan fingerprint density at radius 2 is 0.840 bits per heavy atom. The number of rotatable bonds is 20. The lowest BCUT2D eigenvalue weighted by molar-refractivity contribution is 0.238. The molecular formula is C24H51N. The summed E-state index contributed by atoms with van der Waals surface area (Å²) in [5, 5.41) is 4.07. The van der Waals surface area contributed by atoms with Crippen LogP contribution < -0.4 is 5.32 Å². The fraction of sp³-hybridized carbons (Fsp3) is 1.00. The van der Waals surface area contributed by atoms with Gasteiger partial charge in [-0.2, -0.15) is 0 Å². The third-order valence-electron chi connectivity index (χ3n) is 5.81. The summed E-state index contributed by atoms with van der Waals surface area (Å²) in [6, 6.07) is 0. The Morgan fingerprint density at radius 1 is 0.440 bits per heavy atom. The van der Waals surface area contributed by atoms with Crippen LogP contribution in [0.1, 0.15) is 143 Å². The van der Waals surface area contributed by atoms with E-state index in [-0.39, 0.29) is 0 Å². The van der Waals surface area contributed by atoms with Crippen molar-refractivity contribution < 1.29 is 0 Å². The Balaban J connectivity index is 4.33. The molecule has 0 fully saturated rings. The van der Waals surface area contributed by atoms with Crippen LogP contribution >= 0.6 is 0 Å². The first kappa shape index (κ1) is 25.0.